The van der Waals surface area contributed by atoms with Gasteiger partial charge in [-0.3, -0.25) is 9.71 Å². The number of hydrogen-bond acceptors (Lipinski definition) is 4. The van der Waals surface area contributed by atoms with Crippen LogP contribution in [0.3, 0.4) is 0 Å². The number of halogens is 1. The molecule has 1 heterocycles. The van der Waals surface area contributed by atoms with Crippen molar-refractivity contribution >= 4 is 38.1 Å². The highest BCUT2D eigenvalue weighted by Crippen LogP contribution is 2.27. The van der Waals surface area contributed by atoms with Gasteiger partial charge in [0, 0.05) is 33.8 Å². The van der Waals surface area contributed by atoms with Crippen LogP contribution in [0.15, 0.2) is 59.8 Å². The molecule has 5 nitrogen and oxygen atoms in total. The Hall–Kier alpha value is -2.15. The number of sulfonamides is 1. The fourth-order valence-electron chi connectivity index (χ4n) is 2.32. The second-order valence-corrected chi connectivity index (χ2v) is 7.01. The number of aliphatic hydroxyl groups is 1. The molecule has 2 N–H and O–H groups in total. The van der Waals surface area contributed by atoms with Crippen molar-refractivity contribution in [3.05, 3.63) is 65.4 Å². The second kappa shape index (κ2) is 6.16. The van der Waals surface area contributed by atoms with Crippen molar-refractivity contribution in [2.75, 3.05) is 4.72 Å². The van der Waals surface area contributed by atoms with Crippen molar-refractivity contribution in [3.8, 4) is 0 Å². The van der Waals surface area contributed by atoms with Gasteiger partial charge in [0.2, 0.25) is 0 Å². The quantitative estimate of drug-likeness (QED) is 0.759. The maximum atomic E-state index is 12.7. The molecule has 0 radical (unpaired) electrons. The minimum Gasteiger partial charge on any atom is -0.392 e. The molecule has 0 bridgehead atoms. The molecule has 0 spiro atoms. The highest BCUT2D eigenvalue weighted by atomic mass is 35.5. The van der Waals surface area contributed by atoms with E-state index in [0.29, 0.717) is 21.7 Å². The number of hydrogen-bond donors (Lipinski definition) is 2. The third-order valence-corrected chi connectivity index (χ3v) is 5.07. The lowest BCUT2D eigenvalue weighted by atomic mass is 10.2. The number of aliphatic hydroxyl groups excluding tert-OH is 1. The molecule has 0 aliphatic carbocycles. The van der Waals surface area contributed by atoms with Crippen LogP contribution in [0.5, 0.6) is 0 Å². The summed E-state index contributed by atoms with van der Waals surface area (Å²) < 4.78 is 28.0. The highest BCUT2D eigenvalue weighted by molar-refractivity contribution is 7.93. The Morgan fingerprint density at radius 2 is 2.00 bits per heavy atom. The number of nitrogens with one attached hydrogen (secondary N) is 1. The number of fused-ring (bicyclic) bond motifs is 1. The zero-order valence-electron chi connectivity index (χ0n) is 11.9. The first-order chi connectivity index (χ1) is 11.0. The summed E-state index contributed by atoms with van der Waals surface area (Å²) >= 11 is 5.87. The molecule has 0 amide bonds. The molecule has 118 valence electrons. The van der Waals surface area contributed by atoms with Crippen LogP contribution in [-0.4, -0.2) is 18.5 Å². The van der Waals surface area contributed by atoms with Crippen molar-refractivity contribution < 1.29 is 13.5 Å². The fourth-order valence-corrected chi connectivity index (χ4v) is 3.85. The normalized spacial score (nSPS) is 11.6. The fraction of sp³-hybridized carbons (Fsp3) is 0.0625. The number of anilines is 1. The first-order valence-corrected chi connectivity index (χ1v) is 8.62. The van der Waals surface area contributed by atoms with Crippen molar-refractivity contribution in [1.82, 2.24) is 4.98 Å². The molecule has 0 fully saturated rings. The van der Waals surface area contributed by atoms with Crippen LogP contribution in [0.4, 0.5) is 5.69 Å². The molecule has 23 heavy (non-hydrogen) atoms. The molecule has 0 unspecified atom stereocenters. The molecule has 3 aromatic rings. The van der Waals surface area contributed by atoms with Crippen LogP contribution in [0, 0.1) is 0 Å². The lowest BCUT2D eigenvalue weighted by Crippen LogP contribution is -2.14. The smallest absolute Gasteiger partial charge is 0.262 e. The summed E-state index contributed by atoms with van der Waals surface area (Å²) in [5.74, 6) is 0. The van der Waals surface area contributed by atoms with Gasteiger partial charge in [-0.15, -0.1) is 0 Å². The topological polar surface area (TPSA) is 79.3 Å². The average molecular weight is 349 g/mol. The van der Waals surface area contributed by atoms with E-state index in [1.807, 2.05) is 0 Å². The summed E-state index contributed by atoms with van der Waals surface area (Å²) in [4.78, 5) is 4.14. The van der Waals surface area contributed by atoms with E-state index in [9.17, 15) is 13.5 Å². The standard InChI is InChI=1S/C16H13ClN2O3S/c17-13-4-5-15(12(8-13)10-20)19-23(21,22)16-3-1-2-11-9-18-7-6-14(11)16/h1-9,19-20H,10H2. The van der Waals surface area contributed by atoms with Gasteiger partial charge in [0.1, 0.15) is 0 Å². The molecule has 0 saturated carbocycles. The minimum atomic E-state index is -3.82. The maximum absolute atomic E-state index is 12.7. The predicted molar refractivity (Wildman–Crippen MR) is 89.9 cm³/mol. The Labute approximate surface area is 138 Å². The van der Waals surface area contributed by atoms with Gasteiger partial charge in [-0.25, -0.2) is 8.42 Å². The third kappa shape index (κ3) is 3.14. The Balaban J connectivity index is 2.08. The molecule has 3 rings (SSSR count). The van der Waals surface area contributed by atoms with Crippen LogP contribution in [-0.2, 0) is 16.6 Å². The van der Waals surface area contributed by atoms with E-state index in [2.05, 4.69) is 9.71 Å². The van der Waals surface area contributed by atoms with Crippen molar-refractivity contribution in [1.29, 1.82) is 0 Å². The molecule has 0 atom stereocenters. The summed E-state index contributed by atoms with van der Waals surface area (Å²) in [6.45, 7) is -0.322. The molecule has 2 aromatic carbocycles. The summed E-state index contributed by atoms with van der Waals surface area (Å²) in [5, 5.41) is 11.1. The van der Waals surface area contributed by atoms with E-state index >= 15 is 0 Å². The molecule has 7 heteroatoms. The van der Waals surface area contributed by atoms with Crippen LogP contribution < -0.4 is 4.72 Å². The molecule has 1 aromatic heterocycles. The van der Waals surface area contributed by atoms with Gasteiger partial charge in [-0.1, -0.05) is 23.7 Å². The third-order valence-electron chi connectivity index (χ3n) is 3.41. The Morgan fingerprint density at radius 3 is 2.78 bits per heavy atom. The lowest BCUT2D eigenvalue weighted by molar-refractivity contribution is 0.282. The largest absolute Gasteiger partial charge is 0.392 e. The number of benzene rings is 2. The van der Waals surface area contributed by atoms with Gasteiger partial charge in [0.15, 0.2) is 0 Å². The second-order valence-electron chi connectivity index (χ2n) is 4.92. The Bertz CT molecular complexity index is 969. The van der Waals surface area contributed by atoms with Crippen molar-refractivity contribution in [2.45, 2.75) is 11.5 Å². The van der Waals surface area contributed by atoms with Crippen LogP contribution in [0.1, 0.15) is 5.56 Å². The Kier molecular flexibility index (Phi) is 4.21. The molecular weight excluding hydrogens is 336 g/mol. The van der Waals surface area contributed by atoms with Crippen LogP contribution in [0.25, 0.3) is 10.8 Å². The van der Waals surface area contributed by atoms with Gasteiger partial charge in [0.25, 0.3) is 10.0 Å². The van der Waals surface area contributed by atoms with E-state index < -0.39 is 10.0 Å². The van der Waals surface area contributed by atoms with Crippen molar-refractivity contribution in [2.24, 2.45) is 0 Å². The summed E-state index contributed by atoms with van der Waals surface area (Å²) in [7, 11) is -3.82. The van der Waals surface area contributed by atoms with Gasteiger partial charge < -0.3 is 5.11 Å². The SMILES string of the molecule is O=S(=O)(Nc1ccc(Cl)cc1CO)c1cccc2cnccc12. The first kappa shape index (κ1) is 15.7. The number of rotatable bonds is 4. The average Bonchev–Trinajstić information content (AvgIpc) is 2.55. The van der Waals surface area contributed by atoms with E-state index in [-0.39, 0.29) is 11.5 Å². The Morgan fingerprint density at radius 1 is 1.17 bits per heavy atom. The number of nitrogens with zero attached hydrogens (tertiary/aromatic N) is 1. The highest BCUT2D eigenvalue weighted by Gasteiger charge is 2.18. The summed E-state index contributed by atoms with van der Waals surface area (Å²) in [5.41, 5.74) is 0.700. The first-order valence-electron chi connectivity index (χ1n) is 6.76. The molecule has 0 saturated heterocycles. The predicted octanol–water partition coefficient (Wildman–Crippen LogP) is 3.18. The van der Waals surface area contributed by atoms with E-state index in [1.165, 1.54) is 18.2 Å². The van der Waals surface area contributed by atoms with Crippen LogP contribution >= 0.6 is 11.6 Å². The maximum Gasteiger partial charge on any atom is 0.262 e. The summed E-state index contributed by atoms with van der Waals surface area (Å²) in [6, 6.07) is 11.2. The van der Waals surface area contributed by atoms with E-state index in [1.54, 1.807) is 36.7 Å². The van der Waals surface area contributed by atoms with Gasteiger partial charge in [-0.05, 0) is 30.3 Å². The zero-order valence-corrected chi connectivity index (χ0v) is 13.5. The zero-order chi connectivity index (χ0) is 16.4. The number of pyridine rings is 1. The van der Waals surface area contributed by atoms with E-state index in [4.69, 9.17) is 11.6 Å². The molecule has 0 aliphatic heterocycles. The monoisotopic (exact) mass is 348 g/mol. The molecular formula is C16H13ClN2O3S. The van der Waals surface area contributed by atoms with E-state index in [0.717, 1.165) is 5.39 Å². The van der Waals surface area contributed by atoms with Crippen LogP contribution in [0.2, 0.25) is 5.02 Å². The van der Waals surface area contributed by atoms with Crippen molar-refractivity contribution in [3.63, 3.8) is 0 Å². The number of aromatic nitrogens is 1. The summed E-state index contributed by atoms with van der Waals surface area (Å²) in [6.07, 6.45) is 3.15. The van der Waals surface area contributed by atoms with Gasteiger partial charge >= 0.3 is 0 Å². The molecule has 0 aliphatic rings. The minimum absolute atomic E-state index is 0.149. The lowest BCUT2D eigenvalue weighted by Gasteiger charge is -2.13. The van der Waals surface area contributed by atoms with Gasteiger partial charge in [0.05, 0.1) is 17.2 Å². The van der Waals surface area contributed by atoms with Gasteiger partial charge in [-0.2, -0.15) is 0 Å².